The predicted octanol–water partition coefficient (Wildman–Crippen LogP) is 2.78. The second-order valence-corrected chi connectivity index (χ2v) is 6.45. The lowest BCUT2D eigenvalue weighted by molar-refractivity contribution is 0.0953. The van der Waals surface area contributed by atoms with Gasteiger partial charge in [0, 0.05) is 35.8 Å². The first-order valence-electron chi connectivity index (χ1n) is 7.48. The number of fused-ring (bicyclic) bond motifs is 1. The molecule has 0 bridgehead atoms. The van der Waals surface area contributed by atoms with Gasteiger partial charge in [-0.25, -0.2) is 4.98 Å². The summed E-state index contributed by atoms with van der Waals surface area (Å²) >= 11 is 1.86. The number of thiazole rings is 1. The largest absolute Gasteiger partial charge is 0.352 e. The predicted molar refractivity (Wildman–Crippen MR) is 83.6 cm³/mol. The zero-order valence-electron chi connectivity index (χ0n) is 12.0. The monoisotopic (exact) mass is 301 g/mol. The molecule has 0 aliphatic heterocycles. The highest BCUT2D eigenvalue weighted by molar-refractivity contribution is 7.11. The first-order valence-corrected chi connectivity index (χ1v) is 8.30. The van der Waals surface area contributed by atoms with Crippen LogP contribution in [0.3, 0.4) is 0 Å². The van der Waals surface area contributed by atoms with Gasteiger partial charge in [0.1, 0.15) is 0 Å². The molecular formula is C16H19N3OS. The van der Waals surface area contributed by atoms with Gasteiger partial charge in [-0.15, -0.1) is 11.3 Å². The van der Waals surface area contributed by atoms with E-state index >= 15 is 0 Å². The van der Waals surface area contributed by atoms with E-state index in [1.54, 1.807) is 24.5 Å². The van der Waals surface area contributed by atoms with E-state index < -0.39 is 0 Å². The summed E-state index contributed by atoms with van der Waals surface area (Å²) in [4.78, 5) is 22.0. The summed E-state index contributed by atoms with van der Waals surface area (Å²) < 4.78 is 0. The molecule has 1 N–H and O–H groups in total. The number of carbonyl (C=O) groups excluding carboxylic acids is 1. The Morgan fingerprint density at radius 1 is 1.24 bits per heavy atom. The number of aryl methyl sites for hydroxylation is 3. The maximum absolute atomic E-state index is 11.9. The van der Waals surface area contributed by atoms with Gasteiger partial charge in [0.15, 0.2) is 0 Å². The molecular weight excluding hydrogens is 282 g/mol. The van der Waals surface area contributed by atoms with Crippen LogP contribution in [-0.2, 0) is 19.3 Å². The van der Waals surface area contributed by atoms with Crippen molar-refractivity contribution in [3.05, 3.63) is 45.7 Å². The third-order valence-electron chi connectivity index (χ3n) is 3.69. The fourth-order valence-electron chi connectivity index (χ4n) is 2.56. The van der Waals surface area contributed by atoms with E-state index in [1.165, 1.54) is 34.8 Å². The fraction of sp³-hybridized carbons (Fsp3) is 0.438. The first kappa shape index (κ1) is 14.2. The maximum Gasteiger partial charge on any atom is 0.251 e. The quantitative estimate of drug-likeness (QED) is 0.864. The molecule has 2 aromatic rings. The second-order valence-electron chi connectivity index (χ2n) is 5.28. The Labute approximate surface area is 128 Å². The van der Waals surface area contributed by atoms with Crippen molar-refractivity contribution in [2.24, 2.45) is 0 Å². The van der Waals surface area contributed by atoms with E-state index in [-0.39, 0.29) is 5.91 Å². The van der Waals surface area contributed by atoms with Gasteiger partial charge in [-0.1, -0.05) is 0 Å². The molecule has 110 valence electrons. The molecule has 21 heavy (non-hydrogen) atoms. The van der Waals surface area contributed by atoms with E-state index in [2.05, 4.69) is 10.3 Å². The van der Waals surface area contributed by atoms with Gasteiger partial charge < -0.3 is 5.32 Å². The summed E-state index contributed by atoms with van der Waals surface area (Å²) in [5.74, 6) is -0.0316. The molecule has 0 saturated heterocycles. The van der Waals surface area contributed by atoms with E-state index in [1.807, 2.05) is 11.3 Å². The molecule has 0 atom stereocenters. The Balaban J connectivity index is 1.44. The Kier molecular flexibility index (Phi) is 4.60. The van der Waals surface area contributed by atoms with Gasteiger partial charge in [0.25, 0.3) is 5.91 Å². The van der Waals surface area contributed by atoms with E-state index in [0.29, 0.717) is 12.1 Å². The minimum Gasteiger partial charge on any atom is -0.352 e. The highest BCUT2D eigenvalue weighted by Crippen LogP contribution is 2.27. The zero-order chi connectivity index (χ0) is 14.5. The van der Waals surface area contributed by atoms with Crippen molar-refractivity contribution in [1.82, 2.24) is 15.3 Å². The van der Waals surface area contributed by atoms with Gasteiger partial charge in [-0.05, 0) is 44.2 Å². The lowest BCUT2D eigenvalue weighted by Gasteiger charge is -2.06. The molecule has 0 saturated carbocycles. The maximum atomic E-state index is 11.9. The van der Waals surface area contributed by atoms with Gasteiger partial charge in [0.05, 0.1) is 10.7 Å². The number of pyridine rings is 1. The number of hydrogen-bond acceptors (Lipinski definition) is 4. The molecule has 1 amide bonds. The van der Waals surface area contributed by atoms with Gasteiger partial charge in [-0.2, -0.15) is 0 Å². The highest BCUT2D eigenvalue weighted by atomic mass is 32.1. The Morgan fingerprint density at radius 2 is 2.05 bits per heavy atom. The van der Waals surface area contributed by atoms with Crippen LogP contribution in [0.4, 0.5) is 0 Å². The van der Waals surface area contributed by atoms with Crippen LogP contribution in [0.5, 0.6) is 0 Å². The highest BCUT2D eigenvalue weighted by Gasteiger charge is 2.14. The van der Waals surface area contributed by atoms with Crippen LogP contribution in [0.2, 0.25) is 0 Å². The second kappa shape index (κ2) is 6.80. The molecule has 0 unspecified atom stereocenters. The number of amides is 1. The summed E-state index contributed by atoms with van der Waals surface area (Å²) in [5.41, 5.74) is 1.98. The summed E-state index contributed by atoms with van der Waals surface area (Å²) in [5, 5.41) is 4.16. The summed E-state index contributed by atoms with van der Waals surface area (Å²) in [6.45, 7) is 0.686. The van der Waals surface area contributed by atoms with Crippen LogP contribution in [-0.4, -0.2) is 22.4 Å². The minimum absolute atomic E-state index is 0.0316. The van der Waals surface area contributed by atoms with E-state index in [9.17, 15) is 4.79 Å². The van der Waals surface area contributed by atoms with Crippen LogP contribution < -0.4 is 5.32 Å². The number of nitrogens with zero attached hydrogens (tertiary/aromatic N) is 2. The van der Waals surface area contributed by atoms with Gasteiger partial charge in [-0.3, -0.25) is 9.78 Å². The van der Waals surface area contributed by atoms with Crippen molar-refractivity contribution >= 4 is 17.2 Å². The van der Waals surface area contributed by atoms with Gasteiger partial charge >= 0.3 is 0 Å². The third kappa shape index (κ3) is 3.67. The number of nitrogens with one attached hydrogen (secondary N) is 1. The smallest absolute Gasteiger partial charge is 0.251 e. The Hall–Kier alpha value is -1.75. The van der Waals surface area contributed by atoms with Crippen LogP contribution in [0.1, 0.15) is 45.2 Å². The summed E-state index contributed by atoms with van der Waals surface area (Å²) in [6.07, 6.45) is 10.1. The first-order chi connectivity index (χ1) is 10.3. The molecule has 0 radical (unpaired) electrons. The molecule has 0 spiro atoms. The molecule has 4 nitrogen and oxygen atoms in total. The van der Waals surface area contributed by atoms with E-state index in [0.717, 1.165) is 19.3 Å². The minimum atomic E-state index is -0.0316. The van der Waals surface area contributed by atoms with Crippen molar-refractivity contribution in [2.45, 2.75) is 38.5 Å². The fourth-order valence-corrected chi connectivity index (χ4v) is 3.76. The molecule has 5 heteroatoms. The normalized spacial score (nSPS) is 13.7. The van der Waals surface area contributed by atoms with Crippen molar-refractivity contribution in [1.29, 1.82) is 0 Å². The summed E-state index contributed by atoms with van der Waals surface area (Å²) in [7, 11) is 0. The molecule has 0 aromatic carbocycles. The van der Waals surface area contributed by atoms with Crippen LogP contribution in [0.15, 0.2) is 24.5 Å². The van der Waals surface area contributed by atoms with Crippen molar-refractivity contribution < 1.29 is 4.79 Å². The molecule has 1 aliphatic carbocycles. The van der Waals surface area contributed by atoms with Crippen LogP contribution in [0, 0.1) is 0 Å². The van der Waals surface area contributed by atoms with Crippen molar-refractivity contribution in [2.75, 3.05) is 6.54 Å². The number of aromatic nitrogens is 2. The Morgan fingerprint density at radius 3 is 2.86 bits per heavy atom. The number of rotatable bonds is 5. The standard InChI is InChI=1S/C16H19N3OS/c20-16(12-7-10-17-11-8-12)18-9-3-6-15-19-13-4-1-2-5-14(13)21-15/h7-8,10-11H,1-6,9H2,(H,18,20). The lowest BCUT2D eigenvalue weighted by atomic mass is 10.0. The van der Waals surface area contributed by atoms with Crippen LogP contribution in [0.25, 0.3) is 0 Å². The molecule has 2 aromatic heterocycles. The molecule has 2 heterocycles. The number of hydrogen-bond donors (Lipinski definition) is 1. The average molecular weight is 301 g/mol. The third-order valence-corrected chi connectivity index (χ3v) is 4.90. The Bertz CT molecular complexity index is 586. The average Bonchev–Trinajstić information content (AvgIpc) is 2.95. The zero-order valence-corrected chi connectivity index (χ0v) is 12.8. The van der Waals surface area contributed by atoms with E-state index in [4.69, 9.17) is 4.98 Å². The lowest BCUT2D eigenvalue weighted by Crippen LogP contribution is -2.24. The van der Waals surface area contributed by atoms with Crippen molar-refractivity contribution in [3.63, 3.8) is 0 Å². The summed E-state index contributed by atoms with van der Waals surface area (Å²) in [6, 6.07) is 3.45. The van der Waals surface area contributed by atoms with Gasteiger partial charge in [0.2, 0.25) is 0 Å². The van der Waals surface area contributed by atoms with Crippen molar-refractivity contribution in [3.8, 4) is 0 Å². The SMILES string of the molecule is O=C(NCCCc1nc2c(s1)CCCC2)c1ccncc1. The topological polar surface area (TPSA) is 54.9 Å². The molecule has 0 fully saturated rings. The molecule has 3 rings (SSSR count). The van der Waals surface area contributed by atoms with Crippen LogP contribution >= 0.6 is 11.3 Å². The number of carbonyl (C=O) groups is 1. The molecule has 1 aliphatic rings.